The minimum absolute atomic E-state index is 0. The van der Waals surface area contributed by atoms with Gasteiger partial charge >= 0.3 is 0 Å². The lowest BCUT2D eigenvalue weighted by molar-refractivity contribution is -0.171. The van der Waals surface area contributed by atoms with Gasteiger partial charge in [0.1, 0.15) is 5.75 Å². The lowest BCUT2D eigenvalue weighted by Gasteiger charge is -2.63. The van der Waals surface area contributed by atoms with Crippen LogP contribution < -0.4 is 15.4 Å². The third-order valence-electron chi connectivity index (χ3n) is 6.17. The van der Waals surface area contributed by atoms with Gasteiger partial charge in [0, 0.05) is 37.6 Å². The van der Waals surface area contributed by atoms with E-state index in [9.17, 15) is 0 Å². The second kappa shape index (κ2) is 7.70. The summed E-state index contributed by atoms with van der Waals surface area (Å²) in [6.07, 6.45) is 5.59. The van der Waals surface area contributed by atoms with Crippen molar-refractivity contribution in [3.8, 4) is 5.75 Å². The zero-order chi connectivity index (χ0) is 16.6. The highest BCUT2D eigenvalue weighted by Crippen LogP contribution is 2.62. The minimum atomic E-state index is 0. The Balaban J connectivity index is 0.00000182. The van der Waals surface area contributed by atoms with Crippen LogP contribution in [-0.4, -0.2) is 38.9 Å². The fraction of sp³-hybridized carbons (Fsp3) is 0.632. The number of hydrogen-bond acceptors (Lipinski definition) is 3. The summed E-state index contributed by atoms with van der Waals surface area (Å²) in [5.74, 6) is 2.44. The number of rotatable bonds is 4. The monoisotopic (exact) mass is 457 g/mol. The number of hydrogen-bond donors (Lipinski definition) is 2. The smallest absolute Gasteiger partial charge is 0.191 e. The van der Waals surface area contributed by atoms with E-state index in [2.05, 4.69) is 27.8 Å². The molecule has 1 spiro atoms. The Hall–Kier alpha value is -1.02. The second-order valence-electron chi connectivity index (χ2n) is 7.23. The zero-order valence-corrected chi connectivity index (χ0v) is 17.3. The molecule has 2 N–H and O–H groups in total. The van der Waals surface area contributed by atoms with Gasteiger partial charge in [-0.1, -0.05) is 18.6 Å². The van der Waals surface area contributed by atoms with E-state index in [1.165, 1.54) is 31.2 Å². The first kappa shape index (κ1) is 18.8. The summed E-state index contributed by atoms with van der Waals surface area (Å²) in [5, 5.41) is 7.14. The van der Waals surface area contributed by atoms with E-state index in [0.29, 0.717) is 23.5 Å². The average Bonchev–Trinajstić information content (AvgIpc) is 2.99. The van der Waals surface area contributed by atoms with Crippen molar-refractivity contribution in [1.29, 1.82) is 0 Å². The Morgan fingerprint density at radius 2 is 2.08 bits per heavy atom. The maximum Gasteiger partial charge on any atom is 0.191 e. The van der Waals surface area contributed by atoms with Gasteiger partial charge in [-0.25, -0.2) is 0 Å². The van der Waals surface area contributed by atoms with Gasteiger partial charge in [0.15, 0.2) is 5.96 Å². The SMILES string of the molecule is CN=C(NCc1ccc(OC)cc1)NC1C2CCOC2C12CCC2.I. The quantitative estimate of drug-likeness (QED) is 0.415. The number of aliphatic imine (C=N–C) groups is 1. The standard InChI is InChI=1S/C19H27N3O2.HI/c1-20-18(21-12-13-4-6-14(23-2)7-5-13)22-16-15-8-11-24-17(15)19(16)9-3-10-19;/h4-7,15-17H,3,8-12H2,1-2H3,(H2,20,21,22);1H. The van der Waals surface area contributed by atoms with Gasteiger partial charge in [-0.05, 0) is 37.0 Å². The third-order valence-corrected chi connectivity index (χ3v) is 6.17. The molecule has 0 aromatic heterocycles. The van der Waals surface area contributed by atoms with Crippen molar-refractivity contribution in [2.24, 2.45) is 16.3 Å². The van der Waals surface area contributed by atoms with Crippen molar-refractivity contribution in [1.82, 2.24) is 10.6 Å². The van der Waals surface area contributed by atoms with Crippen LogP contribution in [0.5, 0.6) is 5.75 Å². The Morgan fingerprint density at radius 3 is 2.68 bits per heavy atom. The Kier molecular flexibility index (Phi) is 5.78. The Bertz CT molecular complexity index is 616. The fourth-order valence-electron chi connectivity index (χ4n) is 4.73. The fourth-order valence-corrected chi connectivity index (χ4v) is 4.73. The number of ether oxygens (including phenoxy) is 2. The topological polar surface area (TPSA) is 54.9 Å². The van der Waals surface area contributed by atoms with E-state index < -0.39 is 0 Å². The van der Waals surface area contributed by atoms with E-state index in [4.69, 9.17) is 9.47 Å². The van der Waals surface area contributed by atoms with Gasteiger partial charge in [0.05, 0.1) is 13.2 Å². The van der Waals surface area contributed by atoms with Crippen LogP contribution in [0.2, 0.25) is 0 Å². The lowest BCUT2D eigenvalue weighted by atomic mass is 9.46. The molecule has 3 atom stereocenters. The molecular formula is C19H28IN3O2. The van der Waals surface area contributed by atoms with Crippen LogP contribution in [0.25, 0.3) is 0 Å². The van der Waals surface area contributed by atoms with Gasteiger partial charge in [0.2, 0.25) is 0 Å². The van der Waals surface area contributed by atoms with Crippen LogP contribution in [0.1, 0.15) is 31.2 Å². The molecule has 2 aliphatic carbocycles. The third kappa shape index (κ3) is 3.23. The molecule has 1 aliphatic heterocycles. The molecule has 0 radical (unpaired) electrons. The first-order valence-electron chi connectivity index (χ1n) is 8.98. The maximum absolute atomic E-state index is 5.99. The number of nitrogens with one attached hydrogen (secondary N) is 2. The predicted octanol–water partition coefficient (Wildman–Crippen LogP) is 2.94. The zero-order valence-electron chi connectivity index (χ0n) is 15.0. The molecule has 138 valence electrons. The molecule has 2 saturated carbocycles. The van der Waals surface area contributed by atoms with Crippen molar-refractivity contribution in [2.45, 2.75) is 44.4 Å². The number of benzene rings is 1. The van der Waals surface area contributed by atoms with Crippen molar-refractivity contribution in [3.63, 3.8) is 0 Å². The second-order valence-corrected chi connectivity index (χ2v) is 7.23. The molecule has 1 saturated heterocycles. The van der Waals surface area contributed by atoms with Crippen molar-refractivity contribution in [3.05, 3.63) is 29.8 Å². The average molecular weight is 457 g/mol. The highest BCUT2D eigenvalue weighted by Gasteiger charge is 2.66. The normalized spacial score (nSPS) is 29.0. The highest BCUT2D eigenvalue weighted by molar-refractivity contribution is 14.0. The molecule has 25 heavy (non-hydrogen) atoms. The number of halogens is 1. The Morgan fingerprint density at radius 1 is 1.32 bits per heavy atom. The van der Waals surface area contributed by atoms with Crippen LogP contribution >= 0.6 is 24.0 Å². The molecule has 1 aromatic rings. The molecule has 3 aliphatic rings. The van der Waals surface area contributed by atoms with Gasteiger partial charge < -0.3 is 20.1 Å². The lowest BCUT2D eigenvalue weighted by Crippen LogP contribution is -2.72. The van der Waals surface area contributed by atoms with Gasteiger partial charge in [-0.3, -0.25) is 4.99 Å². The number of guanidine groups is 1. The van der Waals surface area contributed by atoms with E-state index in [0.717, 1.165) is 24.9 Å². The molecule has 1 aromatic carbocycles. The van der Waals surface area contributed by atoms with Crippen molar-refractivity contribution < 1.29 is 9.47 Å². The largest absolute Gasteiger partial charge is 0.497 e. The number of fused-ring (bicyclic) bond motifs is 2. The molecule has 1 heterocycles. The molecule has 3 fully saturated rings. The van der Waals surface area contributed by atoms with Crippen LogP contribution in [0.4, 0.5) is 0 Å². The van der Waals surface area contributed by atoms with Gasteiger partial charge in [0.25, 0.3) is 0 Å². The number of methoxy groups -OCH3 is 1. The van der Waals surface area contributed by atoms with E-state index in [-0.39, 0.29) is 24.0 Å². The van der Waals surface area contributed by atoms with Crippen LogP contribution in [0.15, 0.2) is 29.3 Å². The summed E-state index contributed by atoms with van der Waals surface area (Å²) in [6.45, 7) is 1.68. The maximum atomic E-state index is 5.99. The van der Waals surface area contributed by atoms with E-state index >= 15 is 0 Å². The molecule has 4 rings (SSSR count). The summed E-state index contributed by atoms with van der Waals surface area (Å²) in [7, 11) is 3.53. The molecule has 6 heteroatoms. The summed E-state index contributed by atoms with van der Waals surface area (Å²) >= 11 is 0. The number of nitrogens with zero attached hydrogens (tertiary/aromatic N) is 1. The van der Waals surface area contributed by atoms with Gasteiger partial charge in [-0.2, -0.15) is 0 Å². The summed E-state index contributed by atoms with van der Waals surface area (Å²) in [4.78, 5) is 4.43. The highest BCUT2D eigenvalue weighted by atomic mass is 127. The van der Waals surface area contributed by atoms with Crippen molar-refractivity contribution >= 4 is 29.9 Å². The predicted molar refractivity (Wildman–Crippen MR) is 110 cm³/mol. The first-order valence-corrected chi connectivity index (χ1v) is 8.98. The van der Waals surface area contributed by atoms with Gasteiger partial charge in [-0.15, -0.1) is 24.0 Å². The minimum Gasteiger partial charge on any atom is -0.497 e. The molecule has 5 nitrogen and oxygen atoms in total. The molecule has 3 unspecified atom stereocenters. The summed E-state index contributed by atoms with van der Waals surface area (Å²) < 4.78 is 11.2. The van der Waals surface area contributed by atoms with Crippen LogP contribution in [-0.2, 0) is 11.3 Å². The van der Waals surface area contributed by atoms with E-state index in [1.54, 1.807) is 7.11 Å². The van der Waals surface area contributed by atoms with Crippen molar-refractivity contribution in [2.75, 3.05) is 20.8 Å². The Labute approximate surface area is 167 Å². The van der Waals surface area contributed by atoms with Crippen LogP contribution in [0.3, 0.4) is 0 Å². The van der Waals surface area contributed by atoms with E-state index in [1.807, 2.05) is 19.2 Å². The van der Waals surface area contributed by atoms with Crippen LogP contribution in [0, 0.1) is 11.3 Å². The molecule has 0 bridgehead atoms. The summed E-state index contributed by atoms with van der Waals surface area (Å²) in [5.41, 5.74) is 1.59. The summed E-state index contributed by atoms with van der Waals surface area (Å²) in [6, 6.07) is 8.65. The molecular weight excluding hydrogens is 429 g/mol. The first-order chi connectivity index (χ1) is 11.8. The molecule has 0 amide bonds.